The fourth-order valence-electron chi connectivity index (χ4n) is 2.51. The smallest absolute Gasteiger partial charge is 0.161 e. The number of anilines is 1. The molecule has 0 radical (unpaired) electrons. The van der Waals surface area contributed by atoms with Crippen LogP contribution >= 0.6 is 11.8 Å². The molecule has 4 nitrogen and oxygen atoms in total. The molecule has 1 atom stereocenters. The number of thioether (sulfide) groups is 1. The highest BCUT2D eigenvalue weighted by atomic mass is 32.2. The first-order valence-electron chi connectivity index (χ1n) is 6.84. The molecular weight excluding hydrogens is 284 g/mol. The summed E-state index contributed by atoms with van der Waals surface area (Å²) in [6.07, 6.45) is 0. The summed E-state index contributed by atoms with van der Waals surface area (Å²) in [4.78, 5) is 4.38. The first-order chi connectivity index (χ1) is 10.3. The molecule has 0 amide bonds. The second kappa shape index (κ2) is 5.09. The average molecular weight is 298 g/mol. The van der Waals surface area contributed by atoms with Gasteiger partial charge in [0.25, 0.3) is 0 Å². The van der Waals surface area contributed by atoms with E-state index in [-0.39, 0.29) is 11.9 Å². The van der Waals surface area contributed by atoms with E-state index in [1.165, 1.54) is 0 Å². The third kappa shape index (κ3) is 2.28. The van der Waals surface area contributed by atoms with Crippen LogP contribution in [0.2, 0.25) is 0 Å². The van der Waals surface area contributed by atoms with E-state index in [1.807, 2.05) is 30.3 Å². The Hall–Kier alpha value is -1.98. The van der Waals surface area contributed by atoms with Crippen LogP contribution in [0.4, 0.5) is 5.69 Å². The number of fused-ring (bicyclic) bond motifs is 3. The van der Waals surface area contributed by atoms with E-state index in [2.05, 4.69) is 22.4 Å². The third-order valence-electron chi connectivity index (χ3n) is 3.55. The normalized spacial score (nSPS) is 18.3. The lowest BCUT2D eigenvalue weighted by Crippen LogP contribution is -2.10. The van der Waals surface area contributed by atoms with E-state index in [0.29, 0.717) is 6.54 Å². The Morgan fingerprint density at radius 3 is 2.90 bits per heavy atom. The fourth-order valence-corrected chi connectivity index (χ4v) is 3.37. The predicted octanol–water partition coefficient (Wildman–Crippen LogP) is 3.46. The second-order valence-corrected chi connectivity index (χ2v) is 6.29. The topological polar surface area (TPSA) is 57.8 Å². The molecule has 1 aliphatic rings. The van der Waals surface area contributed by atoms with Crippen LogP contribution in [0.1, 0.15) is 0 Å². The Kier molecular flexibility index (Phi) is 3.09. The fraction of sp³-hybridized carbons (Fsp3) is 0.188. The number of hydrogen-bond donors (Lipinski definition) is 2. The molecule has 1 aliphatic heterocycles. The van der Waals surface area contributed by atoms with Gasteiger partial charge in [0.1, 0.15) is 11.2 Å². The van der Waals surface area contributed by atoms with Gasteiger partial charge in [-0.05, 0) is 18.2 Å². The quantitative estimate of drug-likeness (QED) is 0.760. The molecule has 0 spiro atoms. The Morgan fingerprint density at radius 2 is 2.05 bits per heavy atom. The summed E-state index contributed by atoms with van der Waals surface area (Å²) in [7, 11) is 0. The number of furan rings is 1. The largest absolute Gasteiger partial charge is 0.456 e. The molecule has 0 fully saturated rings. The van der Waals surface area contributed by atoms with Crippen molar-refractivity contribution in [2.75, 3.05) is 18.5 Å². The van der Waals surface area contributed by atoms with Crippen molar-refractivity contribution < 1.29 is 9.52 Å². The molecule has 2 heterocycles. The van der Waals surface area contributed by atoms with Crippen LogP contribution in [0.3, 0.4) is 0 Å². The van der Waals surface area contributed by atoms with Gasteiger partial charge in [-0.1, -0.05) is 30.0 Å². The number of amidine groups is 1. The van der Waals surface area contributed by atoms with Crippen molar-refractivity contribution in [2.24, 2.45) is 4.99 Å². The lowest BCUT2D eigenvalue weighted by atomic mass is 10.1. The van der Waals surface area contributed by atoms with E-state index in [9.17, 15) is 0 Å². The minimum Gasteiger partial charge on any atom is -0.456 e. The van der Waals surface area contributed by atoms with E-state index >= 15 is 0 Å². The zero-order chi connectivity index (χ0) is 14.2. The van der Waals surface area contributed by atoms with Gasteiger partial charge in [0.2, 0.25) is 0 Å². The van der Waals surface area contributed by atoms with E-state index in [4.69, 9.17) is 9.52 Å². The number of aliphatic hydroxyl groups excluding tert-OH is 1. The number of para-hydroxylation sites is 1. The molecule has 1 aromatic heterocycles. The summed E-state index contributed by atoms with van der Waals surface area (Å²) < 4.78 is 5.87. The lowest BCUT2D eigenvalue weighted by molar-refractivity contribution is 0.297. The molecule has 1 unspecified atom stereocenters. The lowest BCUT2D eigenvalue weighted by Gasteiger charge is -2.06. The van der Waals surface area contributed by atoms with Gasteiger partial charge in [-0.2, -0.15) is 0 Å². The van der Waals surface area contributed by atoms with Crippen LogP contribution in [-0.2, 0) is 0 Å². The van der Waals surface area contributed by atoms with Crippen LogP contribution in [0.5, 0.6) is 0 Å². The summed E-state index contributed by atoms with van der Waals surface area (Å²) in [6, 6.07) is 14.1. The highest BCUT2D eigenvalue weighted by Gasteiger charge is 2.18. The molecule has 0 saturated carbocycles. The maximum absolute atomic E-state index is 9.13. The maximum Gasteiger partial charge on any atom is 0.161 e. The molecule has 2 N–H and O–H groups in total. The van der Waals surface area contributed by atoms with Crippen molar-refractivity contribution in [2.45, 2.75) is 5.25 Å². The van der Waals surface area contributed by atoms with Crippen LogP contribution in [0, 0.1) is 0 Å². The average Bonchev–Trinajstić information content (AvgIpc) is 3.10. The molecule has 3 aromatic rings. The number of nitrogens with zero attached hydrogens (tertiary/aromatic N) is 1. The highest BCUT2D eigenvalue weighted by molar-refractivity contribution is 8.15. The number of benzene rings is 2. The number of rotatable bonds is 2. The predicted molar refractivity (Wildman–Crippen MR) is 88.1 cm³/mol. The molecule has 4 rings (SSSR count). The van der Waals surface area contributed by atoms with Crippen molar-refractivity contribution in [3.8, 4) is 0 Å². The van der Waals surface area contributed by atoms with Gasteiger partial charge in [-0.3, -0.25) is 4.99 Å². The minimum atomic E-state index is 0.155. The number of aliphatic imine (C=N–C) groups is 1. The third-order valence-corrected chi connectivity index (χ3v) is 4.64. The molecule has 5 heteroatoms. The highest BCUT2D eigenvalue weighted by Crippen LogP contribution is 2.31. The number of nitrogens with one attached hydrogen (secondary N) is 1. The summed E-state index contributed by atoms with van der Waals surface area (Å²) in [5.41, 5.74) is 2.72. The molecular formula is C16H14N2O2S. The number of aliphatic hydroxyl groups is 1. The molecule has 2 aromatic carbocycles. The van der Waals surface area contributed by atoms with Crippen molar-refractivity contribution in [3.63, 3.8) is 0 Å². The first-order valence-corrected chi connectivity index (χ1v) is 7.72. The van der Waals surface area contributed by atoms with Crippen LogP contribution in [-0.4, -0.2) is 28.7 Å². The zero-order valence-electron chi connectivity index (χ0n) is 11.2. The Labute approximate surface area is 125 Å². The Balaban J connectivity index is 1.66. The van der Waals surface area contributed by atoms with Crippen molar-refractivity contribution in [1.29, 1.82) is 0 Å². The van der Waals surface area contributed by atoms with Gasteiger partial charge in [-0.25, -0.2) is 0 Å². The molecule has 0 aliphatic carbocycles. The summed E-state index contributed by atoms with van der Waals surface area (Å²) in [5, 5.41) is 15.7. The standard InChI is InChI=1S/C16H14N2O2S/c19-9-11-8-17-16(21-11)18-10-5-6-13-12-3-1-2-4-14(12)20-15(13)7-10/h1-7,11,19H,8-9H2,(H,17,18). The van der Waals surface area contributed by atoms with Crippen LogP contribution < -0.4 is 5.32 Å². The molecule has 0 bridgehead atoms. The van der Waals surface area contributed by atoms with Gasteiger partial charge < -0.3 is 14.8 Å². The molecule has 106 valence electrons. The maximum atomic E-state index is 9.13. The van der Waals surface area contributed by atoms with Gasteiger partial charge in [-0.15, -0.1) is 0 Å². The van der Waals surface area contributed by atoms with E-state index < -0.39 is 0 Å². The Morgan fingerprint density at radius 1 is 1.19 bits per heavy atom. The SMILES string of the molecule is OCC1CN=C(Nc2ccc3c(c2)oc2ccccc23)S1. The summed E-state index contributed by atoms with van der Waals surface area (Å²) in [5.74, 6) is 0. The van der Waals surface area contributed by atoms with Gasteiger partial charge in [0.05, 0.1) is 18.4 Å². The van der Waals surface area contributed by atoms with Crippen LogP contribution in [0.15, 0.2) is 51.9 Å². The van der Waals surface area contributed by atoms with Gasteiger partial charge in [0.15, 0.2) is 5.17 Å². The second-order valence-electron chi connectivity index (χ2n) is 5.00. The van der Waals surface area contributed by atoms with Crippen molar-refractivity contribution in [3.05, 3.63) is 42.5 Å². The number of hydrogen-bond acceptors (Lipinski definition) is 5. The van der Waals surface area contributed by atoms with Crippen molar-refractivity contribution in [1.82, 2.24) is 0 Å². The molecule has 0 saturated heterocycles. The van der Waals surface area contributed by atoms with Gasteiger partial charge >= 0.3 is 0 Å². The van der Waals surface area contributed by atoms with Crippen molar-refractivity contribution >= 4 is 44.6 Å². The van der Waals surface area contributed by atoms with E-state index in [1.54, 1.807) is 11.8 Å². The molecule has 21 heavy (non-hydrogen) atoms. The zero-order valence-corrected chi connectivity index (χ0v) is 12.1. The van der Waals surface area contributed by atoms with Gasteiger partial charge in [0, 0.05) is 22.5 Å². The summed E-state index contributed by atoms with van der Waals surface area (Å²) >= 11 is 1.57. The monoisotopic (exact) mass is 298 g/mol. The summed E-state index contributed by atoms with van der Waals surface area (Å²) in [6.45, 7) is 0.818. The first kappa shape index (κ1) is 12.7. The minimum absolute atomic E-state index is 0.155. The van der Waals surface area contributed by atoms with E-state index in [0.717, 1.165) is 32.8 Å². The Bertz CT molecular complexity index is 841. The van der Waals surface area contributed by atoms with Crippen LogP contribution in [0.25, 0.3) is 21.9 Å².